The van der Waals surface area contributed by atoms with Crippen molar-refractivity contribution in [1.29, 1.82) is 0 Å². The van der Waals surface area contributed by atoms with Crippen LogP contribution in [0.15, 0.2) is 48.8 Å². The fourth-order valence-corrected chi connectivity index (χ4v) is 4.35. The number of piperazine rings is 1. The van der Waals surface area contributed by atoms with Crippen LogP contribution in [0.2, 0.25) is 0 Å². The summed E-state index contributed by atoms with van der Waals surface area (Å²) in [5.74, 6) is 0. The Morgan fingerprint density at radius 3 is 2.47 bits per heavy atom. The molecule has 5 rings (SSSR count). The molecule has 2 aliphatic heterocycles. The molecule has 1 atom stereocenters. The molecule has 180 valence electrons. The highest BCUT2D eigenvalue weighted by molar-refractivity contribution is 5.80. The maximum Gasteiger partial charge on any atom is 0.410 e. The minimum absolute atomic E-state index is 0.107. The van der Waals surface area contributed by atoms with Gasteiger partial charge in [0, 0.05) is 44.1 Å². The van der Waals surface area contributed by atoms with E-state index in [1.807, 2.05) is 41.0 Å². The highest BCUT2D eigenvalue weighted by Crippen LogP contribution is 2.30. The second-order valence-corrected chi connectivity index (χ2v) is 9.55. The summed E-state index contributed by atoms with van der Waals surface area (Å²) in [5.41, 5.74) is 10.3. The number of nitrogens with zero attached hydrogens (tertiary/aromatic N) is 4. The van der Waals surface area contributed by atoms with Crippen molar-refractivity contribution in [3.05, 3.63) is 54.4 Å². The van der Waals surface area contributed by atoms with E-state index in [9.17, 15) is 9.90 Å². The zero-order valence-corrected chi connectivity index (χ0v) is 19.6. The summed E-state index contributed by atoms with van der Waals surface area (Å²) in [7, 11) is 0. The van der Waals surface area contributed by atoms with Crippen molar-refractivity contribution in [2.24, 2.45) is 5.73 Å². The molecule has 0 spiro atoms. The third-order valence-electron chi connectivity index (χ3n) is 6.60. The Hall–Kier alpha value is -3.14. The van der Waals surface area contributed by atoms with E-state index in [4.69, 9.17) is 15.2 Å². The number of aliphatic hydroxyl groups is 1. The third-order valence-corrected chi connectivity index (χ3v) is 6.60. The van der Waals surface area contributed by atoms with Crippen molar-refractivity contribution in [3.63, 3.8) is 0 Å². The summed E-state index contributed by atoms with van der Waals surface area (Å²) in [6, 6.07) is 11.7. The highest BCUT2D eigenvalue weighted by Gasteiger charge is 2.29. The predicted molar refractivity (Wildman–Crippen MR) is 129 cm³/mol. The fraction of sp³-hybridized carbons (Fsp3) is 0.440. The van der Waals surface area contributed by atoms with Crippen LogP contribution < -0.4 is 10.6 Å². The molecule has 1 aromatic carbocycles. The van der Waals surface area contributed by atoms with Crippen LogP contribution in [0.4, 0.5) is 10.5 Å². The van der Waals surface area contributed by atoms with E-state index in [0.717, 1.165) is 41.0 Å². The van der Waals surface area contributed by atoms with Gasteiger partial charge in [-0.05, 0) is 37.1 Å². The molecule has 2 aromatic heterocycles. The molecule has 34 heavy (non-hydrogen) atoms. The topological polar surface area (TPSA) is 106 Å². The van der Waals surface area contributed by atoms with Gasteiger partial charge >= 0.3 is 6.09 Å². The molecule has 9 nitrogen and oxygen atoms in total. The number of amides is 1. The third kappa shape index (κ3) is 4.46. The molecule has 0 aliphatic carbocycles. The minimum Gasteiger partial charge on any atom is -0.441 e. The zero-order chi connectivity index (χ0) is 23.9. The lowest BCUT2D eigenvalue weighted by molar-refractivity contribution is -0.104. The van der Waals surface area contributed by atoms with Crippen molar-refractivity contribution in [2.75, 3.05) is 44.3 Å². The van der Waals surface area contributed by atoms with Crippen LogP contribution in [-0.4, -0.2) is 76.8 Å². The van der Waals surface area contributed by atoms with Gasteiger partial charge < -0.3 is 30.1 Å². The second kappa shape index (κ2) is 8.90. The van der Waals surface area contributed by atoms with Gasteiger partial charge in [-0.1, -0.05) is 24.3 Å². The standard InChI is InChI=1S/C25H31N5O4/c1-25(2,32)23(26)18-5-3-17(4-6-18)19-13-22-21(7-8-27-30(22)14-19)28-9-11-29(12-10-28)24(31)34-20-15-33-16-20/h3-8,13-14,20,23,32H,9-12,15-16,26H2,1-2H3. The van der Waals surface area contributed by atoms with E-state index < -0.39 is 11.6 Å². The van der Waals surface area contributed by atoms with Crippen LogP contribution in [0.5, 0.6) is 0 Å². The first-order valence-corrected chi connectivity index (χ1v) is 11.6. The number of hydrogen-bond acceptors (Lipinski definition) is 7. The average Bonchev–Trinajstić information content (AvgIpc) is 3.25. The van der Waals surface area contributed by atoms with Gasteiger partial charge in [-0.2, -0.15) is 5.10 Å². The van der Waals surface area contributed by atoms with Gasteiger partial charge in [-0.15, -0.1) is 0 Å². The van der Waals surface area contributed by atoms with Crippen molar-refractivity contribution in [3.8, 4) is 11.1 Å². The lowest BCUT2D eigenvalue weighted by atomic mass is 9.92. The molecule has 0 saturated carbocycles. The molecule has 3 N–H and O–H groups in total. The smallest absolute Gasteiger partial charge is 0.410 e. The summed E-state index contributed by atoms with van der Waals surface area (Å²) in [6.07, 6.45) is 3.45. The van der Waals surface area contributed by atoms with Gasteiger partial charge in [0.15, 0.2) is 6.10 Å². The summed E-state index contributed by atoms with van der Waals surface area (Å²) < 4.78 is 12.4. The molecule has 2 saturated heterocycles. The molecular weight excluding hydrogens is 434 g/mol. The number of nitrogens with two attached hydrogens (primary N) is 1. The van der Waals surface area contributed by atoms with Crippen LogP contribution in [-0.2, 0) is 9.47 Å². The zero-order valence-electron chi connectivity index (χ0n) is 19.6. The molecule has 1 amide bonds. The van der Waals surface area contributed by atoms with Crippen LogP contribution in [0.25, 0.3) is 16.6 Å². The quantitative estimate of drug-likeness (QED) is 0.596. The number of carbonyl (C=O) groups excluding carboxylic acids is 1. The van der Waals surface area contributed by atoms with Gasteiger partial charge in [0.2, 0.25) is 0 Å². The normalized spacial score (nSPS) is 18.1. The number of aromatic nitrogens is 2. The van der Waals surface area contributed by atoms with Gasteiger partial charge in [0.05, 0.1) is 36.1 Å². The number of carbonyl (C=O) groups is 1. The number of anilines is 1. The monoisotopic (exact) mass is 465 g/mol. The Balaban J connectivity index is 1.31. The molecular formula is C25H31N5O4. The van der Waals surface area contributed by atoms with Crippen molar-refractivity contribution in [1.82, 2.24) is 14.5 Å². The number of rotatable bonds is 5. The Labute approximate surface area is 198 Å². The maximum absolute atomic E-state index is 12.3. The average molecular weight is 466 g/mol. The van der Waals surface area contributed by atoms with Crippen LogP contribution in [0, 0.1) is 0 Å². The molecule has 9 heteroatoms. The SMILES string of the molecule is CC(C)(O)C(N)c1ccc(-c2cc3c(N4CCN(C(=O)OC5COC5)CC4)ccnn3c2)cc1. The Bertz CT molecular complexity index is 1160. The summed E-state index contributed by atoms with van der Waals surface area (Å²) in [5, 5.41) is 14.7. The molecule has 2 fully saturated rings. The largest absolute Gasteiger partial charge is 0.441 e. The first kappa shape index (κ1) is 22.6. The summed E-state index contributed by atoms with van der Waals surface area (Å²) in [6.45, 7) is 7.07. The summed E-state index contributed by atoms with van der Waals surface area (Å²) >= 11 is 0. The number of benzene rings is 1. The Morgan fingerprint density at radius 1 is 1.15 bits per heavy atom. The van der Waals surface area contributed by atoms with Crippen LogP contribution in [0.1, 0.15) is 25.5 Å². The summed E-state index contributed by atoms with van der Waals surface area (Å²) in [4.78, 5) is 16.4. The van der Waals surface area contributed by atoms with E-state index >= 15 is 0 Å². The van der Waals surface area contributed by atoms with Crippen molar-refractivity contribution in [2.45, 2.75) is 31.6 Å². The van der Waals surface area contributed by atoms with E-state index in [-0.39, 0.29) is 12.2 Å². The van der Waals surface area contributed by atoms with Gasteiger partial charge in [-0.3, -0.25) is 0 Å². The van der Waals surface area contributed by atoms with Gasteiger partial charge in [0.1, 0.15) is 0 Å². The molecule has 4 heterocycles. The Morgan fingerprint density at radius 2 is 1.85 bits per heavy atom. The lowest BCUT2D eigenvalue weighted by Crippen LogP contribution is -2.51. The number of ether oxygens (including phenoxy) is 2. The van der Waals surface area contributed by atoms with Gasteiger partial charge in [-0.25, -0.2) is 9.31 Å². The molecule has 0 radical (unpaired) electrons. The van der Waals surface area contributed by atoms with E-state index in [0.29, 0.717) is 26.3 Å². The molecule has 3 aromatic rings. The van der Waals surface area contributed by atoms with Crippen LogP contribution in [0.3, 0.4) is 0 Å². The van der Waals surface area contributed by atoms with Crippen LogP contribution >= 0.6 is 0 Å². The molecule has 0 bridgehead atoms. The van der Waals surface area contributed by atoms with E-state index in [1.54, 1.807) is 24.9 Å². The first-order chi connectivity index (χ1) is 16.3. The predicted octanol–water partition coefficient (Wildman–Crippen LogP) is 2.43. The maximum atomic E-state index is 12.3. The molecule has 1 unspecified atom stereocenters. The van der Waals surface area contributed by atoms with Crippen molar-refractivity contribution < 1.29 is 19.4 Å². The first-order valence-electron chi connectivity index (χ1n) is 11.6. The second-order valence-electron chi connectivity index (χ2n) is 9.55. The van der Waals surface area contributed by atoms with Crippen molar-refractivity contribution >= 4 is 17.3 Å². The minimum atomic E-state index is -0.989. The number of fused-ring (bicyclic) bond motifs is 1. The highest BCUT2D eigenvalue weighted by atomic mass is 16.6. The van der Waals surface area contributed by atoms with E-state index in [2.05, 4.69) is 16.1 Å². The molecule has 2 aliphatic rings. The lowest BCUT2D eigenvalue weighted by Gasteiger charge is -2.37. The Kier molecular flexibility index (Phi) is 5.93. The fourth-order valence-electron chi connectivity index (χ4n) is 4.35. The van der Waals surface area contributed by atoms with E-state index in [1.165, 1.54) is 0 Å². The number of hydrogen-bond donors (Lipinski definition) is 2. The van der Waals surface area contributed by atoms with Gasteiger partial charge in [0.25, 0.3) is 0 Å².